The lowest BCUT2D eigenvalue weighted by atomic mass is 10.2. The van der Waals surface area contributed by atoms with Crippen molar-refractivity contribution in [2.45, 2.75) is 6.43 Å². The fourth-order valence-electron chi connectivity index (χ4n) is 1.05. The van der Waals surface area contributed by atoms with Gasteiger partial charge in [-0.25, -0.2) is 13.6 Å². The third-order valence-electron chi connectivity index (χ3n) is 1.82. The average Bonchev–Trinajstić information content (AvgIpc) is 2.26. The zero-order valence-electron chi connectivity index (χ0n) is 8.39. The number of nitro groups is 1. The number of esters is 1. The maximum absolute atomic E-state index is 12.3. The number of pyridine rings is 1. The molecule has 0 radical (unpaired) electrons. The summed E-state index contributed by atoms with van der Waals surface area (Å²) in [6.07, 6.45) is -3.15. The van der Waals surface area contributed by atoms with Crippen LogP contribution in [0.1, 0.15) is 22.5 Å². The highest BCUT2D eigenvalue weighted by atomic mass is 19.3. The smallest absolute Gasteiger partial charge is 0.364 e. The molecule has 17 heavy (non-hydrogen) atoms. The van der Waals surface area contributed by atoms with Crippen molar-refractivity contribution in [2.24, 2.45) is 0 Å². The van der Waals surface area contributed by atoms with E-state index in [1.165, 1.54) is 0 Å². The summed E-state index contributed by atoms with van der Waals surface area (Å²) >= 11 is 0. The number of aromatic nitrogens is 1. The Bertz CT molecular complexity index is 477. The highest BCUT2D eigenvalue weighted by Crippen LogP contribution is 2.31. The zero-order chi connectivity index (χ0) is 13.2. The van der Waals surface area contributed by atoms with Crippen LogP contribution in [0.5, 0.6) is 5.88 Å². The Labute approximate surface area is 92.8 Å². The molecule has 92 valence electrons. The van der Waals surface area contributed by atoms with Gasteiger partial charge in [0.1, 0.15) is 0 Å². The molecule has 0 aliphatic carbocycles. The molecule has 0 aliphatic heterocycles. The van der Waals surface area contributed by atoms with Crippen molar-refractivity contribution in [3.8, 4) is 5.88 Å². The van der Waals surface area contributed by atoms with E-state index < -0.39 is 40.1 Å². The Balaban J connectivity index is 3.46. The van der Waals surface area contributed by atoms with Crippen LogP contribution in [-0.4, -0.2) is 28.1 Å². The minimum atomic E-state index is -3.15. The first kappa shape index (κ1) is 12.7. The molecule has 1 aromatic heterocycles. The van der Waals surface area contributed by atoms with E-state index in [9.17, 15) is 23.7 Å². The molecular formula is C8H6F2N2O5. The van der Waals surface area contributed by atoms with Gasteiger partial charge in [-0.2, -0.15) is 4.98 Å². The number of hydrogen-bond donors (Lipinski definition) is 1. The van der Waals surface area contributed by atoms with Gasteiger partial charge >= 0.3 is 11.7 Å². The molecule has 0 spiro atoms. The van der Waals surface area contributed by atoms with Crippen LogP contribution in [0.25, 0.3) is 0 Å². The lowest BCUT2D eigenvalue weighted by molar-refractivity contribution is -0.385. The fourth-order valence-corrected chi connectivity index (χ4v) is 1.05. The number of nitrogens with zero attached hydrogens (tertiary/aromatic N) is 2. The van der Waals surface area contributed by atoms with Crippen molar-refractivity contribution in [3.05, 3.63) is 27.4 Å². The molecule has 1 N–H and O–H groups in total. The lowest BCUT2D eigenvalue weighted by Crippen LogP contribution is -2.09. The fraction of sp³-hybridized carbons (Fsp3) is 0.250. The SMILES string of the molecule is COC(=O)c1nc(O)c(C(F)F)cc1[N+](=O)[O-]. The highest BCUT2D eigenvalue weighted by molar-refractivity contribution is 5.91. The van der Waals surface area contributed by atoms with Crippen molar-refractivity contribution < 1.29 is 28.3 Å². The summed E-state index contributed by atoms with van der Waals surface area (Å²) in [5.74, 6) is -2.35. The average molecular weight is 248 g/mol. The van der Waals surface area contributed by atoms with Crippen molar-refractivity contribution in [1.29, 1.82) is 0 Å². The van der Waals surface area contributed by atoms with Crippen LogP contribution in [-0.2, 0) is 4.74 Å². The summed E-state index contributed by atoms with van der Waals surface area (Å²) in [7, 11) is 0.936. The molecule has 0 unspecified atom stereocenters. The Morgan fingerprint density at radius 3 is 2.65 bits per heavy atom. The van der Waals surface area contributed by atoms with E-state index in [2.05, 4.69) is 9.72 Å². The summed E-state index contributed by atoms with van der Waals surface area (Å²) in [4.78, 5) is 23.6. The Hall–Kier alpha value is -2.32. The van der Waals surface area contributed by atoms with Crippen LogP contribution in [0.2, 0.25) is 0 Å². The predicted octanol–water partition coefficient (Wildman–Crippen LogP) is 1.42. The molecule has 7 nitrogen and oxygen atoms in total. The Morgan fingerprint density at radius 1 is 1.65 bits per heavy atom. The van der Waals surface area contributed by atoms with Gasteiger partial charge < -0.3 is 9.84 Å². The predicted molar refractivity (Wildman–Crippen MR) is 48.9 cm³/mol. The van der Waals surface area contributed by atoms with E-state index in [-0.39, 0.29) is 0 Å². The van der Waals surface area contributed by atoms with Gasteiger partial charge in [0.2, 0.25) is 11.6 Å². The molecule has 9 heteroatoms. The van der Waals surface area contributed by atoms with Crippen LogP contribution in [0.4, 0.5) is 14.5 Å². The van der Waals surface area contributed by atoms with Gasteiger partial charge in [0.15, 0.2) is 0 Å². The standard InChI is InChI=1S/C8H6F2N2O5/c1-17-8(14)5-4(12(15)16)2-3(6(9)10)7(13)11-5/h2,6H,1H3,(H,11,13). The first-order valence-corrected chi connectivity index (χ1v) is 4.13. The molecule has 0 bridgehead atoms. The number of rotatable bonds is 3. The highest BCUT2D eigenvalue weighted by Gasteiger charge is 2.28. The van der Waals surface area contributed by atoms with E-state index in [4.69, 9.17) is 5.11 Å². The quantitative estimate of drug-likeness (QED) is 0.493. The molecule has 0 aliphatic rings. The number of carbonyl (C=O) groups excluding carboxylic acids is 1. The van der Waals surface area contributed by atoms with E-state index in [1.807, 2.05) is 0 Å². The third kappa shape index (κ3) is 2.44. The molecule has 0 saturated carbocycles. The monoisotopic (exact) mass is 248 g/mol. The Morgan fingerprint density at radius 2 is 2.24 bits per heavy atom. The van der Waals surface area contributed by atoms with Crippen molar-refractivity contribution in [1.82, 2.24) is 4.98 Å². The number of halogens is 2. The second-order valence-electron chi connectivity index (χ2n) is 2.82. The van der Waals surface area contributed by atoms with Crippen molar-refractivity contribution in [3.63, 3.8) is 0 Å². The van der Waals surface area contributed by atoms with E-state index in [1.54, 1.807) is 0 Å². The van der Waals surface area contributed by atoms with Gasteiger partial charge in [-0.3, -0.25) is 10.1 Å². The van der Waals surface area contributed by atoms with Crippen LogP contribution < -0.4 is 0 Å². The maximum atomic E-state index is 12.3. The number of alkyl halides is 2. The topological polar surface area (TPSA) is 103 Å². The molecule has 0 aromatic carbocycles. The molecular weight excluding hydrogens is 242 g/mol. The van der Waals surface area contributed by atoms with E-state index in [0.29, 0.717) is 6.07 Å². The lowest BCUT2D eigenvalue weighted by Gasteiger charge is -2.05. The molecule has 1 heterocycles. The summed E-state index contributed by atoms with van der Waals surface area (Å²) in [6, 6.07) is 0.388. The third-order valence-corrected chi connectivity index (χ3v) is 1.82. The largest absolute Gasteiger partial charge is 0.493 e. The zero-order valence-corrected chi connectivity index (χ0v) is 8.39. The first-order valence-electron chi connectivity index (χ1n) is 4.13. The second kappa shape index (κ2) is 4.68. The Kier molecular flexibility index (Phi) is 3.51. The number of aromatic hydroxyl groups is 1. The minimum Gasteiger partial charge on any atom is -0.493 e. The summed E-state index contributed by atoms with van der Waals surface area (Å²) < 4.78 is 28.9. The number of carbonyl (C=O) groups is 1. The van der Waals surface area contributed by atoms with E-state index in [0.717, 1.165) is 7.11 Å². The normalized spacial score (nSPS) is 10.4. The van der Waals surface area contributed by atoms with Crippen LogP contribution in [0.15, 0.2) is 6.07 Å². The molecule has 1 rings (SSSR count). The second-order valence-corrected chi connectivity index (χ2v) is 2.82. The summed E-state index contributed by atoms with van der Waals surface area (Å²) in [6.45, 7) is 0. The van der Waals surface area contributed by atoms with Gasteiger partial charge in [-0.05, 0) is 0 Å². The van der Waals surface area contributed by atoms with Crippen molar-refractivity contribution >= 4 is 11.7 Å². The first-order chi connectivity index (χ1) is 7.88. The minimum absolute atomic E-state index is 0.388. The van der Waals surface area contributed by atoms with Crippen molar-refractivity contribution in [2.75, 3.05) is 7.11 Å². The van der Waals surface area contributed by atoms with Gasteiger partial charge in [0, 0.05) is 6.07 Å². The molecule has 1 aromatic rings. The van der Waals surface area contributed by atoms with Gasteiger partial charge in [0.05, 0.1) is 17.6 Å². The van der Waals surface area contributed by atoms with Crippen LogP contribution >= 0.6 is 0 Å². The molecule has 0 fully saturated rings. The van der Waals surface area contributed by atoms with Gasteiger partial charge in [-0.1, -0.05) is 0 Å². The number of ether oxygens (including phenoxy) is 1. The van der Waals surface area contributed by atoms with Gasteiger partial charge in [-0.15, -0.1) is 0 Å². The molecule has 0 amide bonds. The molecule has 0 saturated heterocycles. The summed E-state index contributed by atoms with van der Waals surface area (Å²) in [5.41, 5.74) is -2.81. The number of hydrogen-bond acceptors (Lipinski definition) is 6. The van der Waals surface area contributed by atoms with E-state index >= 15 is 0 Å². The number of methoxy groups -OCH3 is 1. The maximum Gasteiger partial charge on any atom is 0.364 e. The van der Waals surface area contributed by atoms with Crippen LogP contribution in [0.3, 0.4) is 0 Å². The molecule has 0 atom stereocenters. The summed E-state index contributed by atoms with van der Waals surface area (Å²) in [5, 5.41) is 19.7. The van der Waals surface area contributed by atoms with Crippen LogP contribution in [0, 0.1) is 10.1 Å². The van der Waals surface area contributed by atoms with Gasteiger partial charge in [0.25, 0.3) is 6.43 Å².